The summed E-state index contributed by atoms with van der Waals surface area (Å²) < 4.78 is 7.45. The van der Waals surface area contributed by atoms with Crippen LogP contribution in [0.1, 0.15) is 32.1 Å². The largest absolute Gasteiger partial charge is 0.467 e. The maximum atomic E-state index is 12.2. The van der Waals surface area contributed by atoms with Gasteiger partial charge in [0, 0.05) is 11.6 Å². The second-order valence-corrected chi connectivity index (χ2v) is 7.15. The summed E-state index contributed by atoms with van der Waals surface area (Å²) in [6.45, 7) is 4.87. The van der Waals surface area contributed by atoms with Crippen molar-refractivity contribution in [1.29, 1.82) is 0 Å². The first-order valence-corrected chi connectivity index (χ1v) is 9.56. The Labute approximate surface area is 155 Å². The number of aromatic nitrogens is 2. The predicted octanol–water partition coefficient (Wildman–Crippen LogP) is 4.66. The molecule has 25 heavy (non-hydrogen) atoms. The number of carbonyl (C=O) groups is 1. The van der Waals surface area contributed by atoms with E-state index in [2.05, 4.69) is 21.8 Å². The summed E-state index contributed by atoms with van der Waals surface area (Å²) >= 11 is 7.49. The van der Waals surface area contributed by atoms with Gasteiger partial charge in [-0.15, -0.1) is 0 Å². The molecule has 0 aliphatic rings. The Morgan fingerprint density at radius 2 is 2.28 bits per heavy atom. The summed E-state index contributed by atoms with van der Waals surface area (Å²) in [5.41, 5.74) is 1.89. The van der Waals surface area contributed by atoms with Crippen molar-refractivity contribution in [1.82, 2.24) is 14.9 Å². The normalized spacial score (nSPS) is 12.4. The van der Waals surface area contributed by atoms with Crippen LogP contribution in [0.15, 0.2) is 46.2 Å². The zero-order valence-corrected chi connectivity index (χ0v) is 15.7. The van der Waals surface area contributed by atoms with Crippen molar-refractivity contribution < 1.29 is 9.21 Å². The number of nitrogens with zero attached hydrogens (tertiary/aromatic N) is 2. The van der Waals surface area contributed by atoms with Crippen LogP contribution in [0.5, 0.6) is 0 Å². The van der Waals surface area contributed by atoms with Gasteiger partial charge in [0.05, 0.1) is 29.1 Å². The third-order valence-corrected chi connectivity index (χ3v) is 5.01. The fourth-order valence-electron chi connectivity index (χ4n) is 2.65. The third kappa shape index (κ3) is 4.19. The van der Waals surface area contributed by atoms with E-state index in [1.165, 1.54) is 11.8 Å². The molecule has 3 aromatic rings. The van der Waals surface area contributed by atoms with E-state index in [1.54, 1.807) is 6.26 Å². The third-order valence-electron chi connectivity index (χ3n) is 3.80. The maximum absolute atomic E-state index is 12.2. The van der Waals surface area contributed by atoms with E-state index in [1.807, 2.05) is 37.3 Å². The molecule has 0 saturated carbocycles. The molecule has 0 saturated heterocycles. The van der Waals surface area contributed by atoms with Gasteiger partial charge in [-0.05, 0) is 43.7 Å². The molecule has 0 unspecified atom stereocenters. The number of benzene rings is 1. The highest BCUT2D eigenvalue weighted by molar-refractivity contribution is 7.99. The van der Waals surface area contributed by atoms with Gasteiger partial charge >= 0.3 is 0 Å². The molecular formula is C18H20ClN3O2S. The number of amides is 1. The number of furan rings is 1. The summed E-state index contributed by atoms with van der Waals surface area (Å²) in [7, 11) is 0. The zero-order valence-electron chi connectivity index (χ0n) is 14.2. The van der Waals surface area contributed by atoms with Crippen LogP contribution >= 0.6 is 23.4 Å². The van der Waals surface area contributed by atoms with Gasteiger partial charge in [0.1, 0.15) is 5.76 Å². The van der Waals surface area contributed by atoms with Crippen molar-refractivity contribution in [2.24, 2.45) is 0 Å². The van der Waals surface area contributed by atoms with Crippen molar-refractivity contribution in [3.8, 4) is 0 Å². The van der Waals surface area contributed by atoms with Crippen LogP contribution in [0, 0.1) is 0 Å². The SMILES string of the molecule is CCCn1c(SCC(=O)N[C@@H](C)c2ccco2)nc2cc(Cl)ccc21. The van der Waals surface area contributed by atoms with Gasteiger partial charge in [0.25, 0.3) is 0 Å². The van der Waals surface area contributed by atoms with Crippen LogP contribution < -0.4 is 5.32 Å². The first-order chi connectivity index (χ1) is 12.1. The standard InChI is InChI=1S/C18H20ClN3O2S/c1-3-8-22-15-7-6-13(19)10-14(15)21-18(22)25-11-17(23)20-12(2)16-5-4-9-24-16/h4-7,9-10,12H,3,8,11H2,1-2H3,(H,20,23)/t12-/m0/s1. The monoisotopic (exact) mass is 377 g/mol. The molecule has 5 nitrogen and oxygen atoms in total. The molecule has 0 bridgehead atoms. The summed E-state index contributed by atoms with van der Waals surface area (Å²) in [6.07, 6.45) is 2.59. The minimum Gasteiger partial charge on any atom is -0.467 e. The Hall–Kier alpha value is -1.92. The van der Waals surface area contributed by atoms with Crippen LogP contribution in [0.4, 0.5) is 0 Å². The van der Waals surface area contributed by atoms with Crippen molar-refractivity contribution in [2.45, 2.75) is 38.0 Å². The first kappa shape index (κ1) is 17.9. The molecule has 0 spiro atoms. The average molecular weight is 378 g/mol. The lowest BCUT2D eigenvalue weighted by Crippen LogP contribution is -2.28. The molecule has 0 aliphatic heterocycles. The Kier molecular flexibility index (Phi) is 5.71. The number of halogens is 1. The van der Waals surface area contributed by atoms with Crippen molar-refractivity contribution >= 4 is 40.3 Å². The summed E-state index contributed by atoms with van der Waals surface area (Å²) in [6, 6.07) is 9.20. The lowest BCUT2D eigenvalue weighted by Gasteiger charge is -2.11. The van der Waals surface area contributed by atoms with Gasteiger partial charge in [0.2, 0.25) is 5.91 Å². The molecule has 0 fully saturated rings. The van der Waals surface area contributed by atoms with E-state index < -0.39 is 0 Å². The Morgan fingerprint density at radius 3 is 3.00 bits per heavy atom. The van der Waals surface area contributed by atoms with E-state index in [-0.39, 0.29) is 11.9 Å². The molecule has 1 N–H and O–H groups in total. The Bertz CT molecular complexity index is 861. The molecule has 1 atom stereocenters. The van der Waals surface area contributed by atoms with Crippen molar-refractivity contribution in [3.63, 3.8) is 0 Å². The predicted molar refractivity (Wildman–Crippen MR) is 101 cm³/mol. The molecule has 0 radical (unpaired) electrons. The number of rotatable bonds is 7. The summed E-state index contributed by atoms with van der Waals surface area (Å²) in [5.74, 6) is 0.986. The number of aryl methyl sites for hydroxylation is 1. The Balaban J connectivity index is 1.69. The highest BCUT2D eigenvalue weighted by Gasteiger charge is 2.15. The van der Waals surface area contributed by atoms with Crippen LogP contribution in [0.2, 0.25) is 5.02 Å². The highest BCUT2D eigenvalue weighted by atomic mass is 35.5. The number of imidazole rings is 1. The lowest BCUT2D eigenvalue weighted by molar-refractivity contribution is -0.119. The maximum Gasteiger partial charge on any atom is 0.231 e. The van der Waals surface area contributed by atoms with Gasteiger partial charge in [0.15, 0.2) is 5.16 Å². The van der Waals surface area contributed by atoms with E-state index in [0.29, 0.717) is 10.8 Å². The first-order valence-electron chi connectivity index (χ1n) is 8.20. The fourth-order valence-corrected chi connectivity index (χ4v) is 3.67. The minimum atomic E-state index is -0.156. The topological polar surface area (TPSA) is 60.1 Å². The van der Waals surface area contributed by atoms with E-state index >= 15 is 0 Å². The van der Waals surface area contributed by atoms with Crippen LogP contribution in [-0.2, 0) is 11.3 Å². The second-order valence-electron chi connectivity index (χ2n) is 5.77. The highest BCUT2D eigenvalue weighted by Crippen LogP contribution is 2.26. The smallest absolute Gasteiger partial charge is 0.231 e. The number of thioether (sulfide) groups is 1. The Morgan fingerprint density at radius 1 is 1.44 bits per heavy atom. The molecule has 7 heteroatoms. The second kappa shape index (κ2) is 7.97. The fraction of sp³-hybridized carbons (Fsp3) is 0.333. The van der Waals surface area contributed by atoms with Crippen LogP contribution in [0.25, 0.3) is 11.0 Å². The summed E-state index contributed by atoms with van der Waals surface area (Å²) in [5, 5.41) is 4.43. The molecule has 1 amide bonds. The van der Waals surface area contributed by atoms with Gasteiger partial charge in [-0.2, -0.15) is 0 Å². The number of nitrogens with one attached hydrogen (secondary N) is 1. The molecule has 2 heterocycles. The van der Waals surface area contributed by atoms with Gasteiger partial charge in [-0.1, -0.05) is 30.3 Å². The average Bonchev–Trinajstić information content (AvgIpc) is 3.21. The number of hydrogen-bond donors (Lipinski definition) is 1. The molecular weight excluding hydrogens is 358 g/mol. The van der Waals surface area contributed by atoms with Gasteiger partial charge in [-0.25, -0.2) is 4.98 Å². The van der Waals surface area contributed by atoms with Crippen molar-refractivity contribution in [3.05, 3.63) is 47.4 Å². The quantitative estimate of drug-likeness (QED) is 0.608. The van der Waals surface area contributed by atoms with E-state index in [4.69, 9.17) is 16.0 Å². The van der Waals surface area contributed by atoms with Crippen molar-refractivity contribution in [2.75, 3.05) is 5.75 Å². The van der Waals surface area contributed by atoms with Crippen LogP contribution in [0.3, 0.4) is 0 Å². The van der Waals surface area contributed by atoms with Gasteiger partial charge in [-0.3, -0.25) is 4.79 Å². The molecule has 3 rings (SSSR count). The summed E-state index contributed by atoms with van der Waals surface area (Å²) in [4.78, 5) is 16.9. The number of hydrogen-bond acceptors (Lipinski definition) is 4. The minimum absolute atomic E-state index is 0.0537. The molecule has 0 aliphatic carbocycles. The van der Waals surface area contributed by atoms with E-state index in [9.17, 15) is 4.79 Å². The number of carbonyl (C=O) groups excluding carboxylic acids is 1. The molecule has 1 aromatic carbocycles. The van der Waals surface area contributed by atoms with Crippen LogP contribution in [-0.4, -0.2) is 21.2 Å². The number of fused-ring (bicyclic) bond motifs is 1. The molecule has 2 aromatic heterocycles. The lowest BCUT2D eigenvalue weighted by atomic mass is 10.2. The molecule has 132 valence electrons. The zero-order chi connectivity index (χ0) is 17.8. The van der Waals surface area contributed by atoms with E-state index in [0.717, 1.165) is 34.9 Å². The van der Waals surface area contributed by atoms with Gasteiger partial charge < -0.3 is 14.3 Å².